The molecule has 76 valence electrons. The molecular formula is C8H15BrN2O2. The Morgan fingerprint density at radius 1 is 1.54 bits per heavy atom. The fraction of sp³-hybridized carbons (Fsp3) is 0.625. The summed E-state index contributed by atoms with van der Waals surface area (Å²) >= 11 is 3.25. The van der Waals surface area contributed by atoms with E-state index in [4.69, 9.17) is 10.8 Å². The Bertz CT molecular complexity index is 183. The molecule has 0 rings (SSSR count). The molecule has 0 radical (unpaired) electrons. The molecule has 4 nitrogen and oxygen atoms in total. The smallest absolute Gasteiger partial charge is 0.303 e. The standard InChI is InChI=1S/C8H15BrN2O2/c9-7(5-10)6-11-4-2-1-3-8(12)13/h5,11H,1-4,6,10H2,(H,12,13)/b7-5+. The zero-order valence-electron chi connectivity index (χ0n) is 7.42. The summed E-state index contributed by atoms with van der Waals surface area (Å²) in [6.45, 7) is 1.51. The van der Waals surface area contributed by atoms with Crippen molar-refractivity contribution >= 4 is 21.9 Å². The molecule has 0 heterocycles. The molecule has 0 fully saturated rings. The number of nitrogens with one attached hydrogen (secondary N) is 1. The zero-order valence-corrected chi connectivity index (χ0v) is 9.01. The van der Waals surface area contributed by atoms with Crippen LogP contribution >= 0.6 is 15.9 Å². The lowest BCUT2D eigenvalue weighted by Crippen LogP contribution is -2.17. The molecule has 13 heavy (non-hydrogen) atoms. The molecule has 5 heteroatoms. The topological polar surface area (TPSA) is 75.3 Å². The number of carboxylic acid groups (broad SMARTS) is 1. The van der Waals surface area contributed by atoms with Gasteiger partial charge in [0.05, 0.1) is 0 Å². The van der Waals surface area contributed by atoms with E-state index >= 15 is 0 Å². The Morgan fingerprint density at radius 2 is 2.23 bits per heavy atom. The molecule has 0 aliphatic heterocycles. The predicted molar refractivity (Wildman–Crippen MR) is 55.6 cm³/mol. The predicted octanol–water partition coefficient (Wildman–Crippen LogP) is 1.03. The fourth-order valence-electron chi connectivity index (χ4n) is 0.793. The summed E-state index contributed by atoms with van der Waals surface area (Å²) in [6, 6.07) is 0. The molecule has 0 saturated heterocycles. The summed E-state index contributed by atoms with van der Waals surface area (Å²) in [5.74, 6) is -0.733. The summed E-state index contributed by atoms with van der Waals surface area (Å²) in [5.41, 5.74) is 5.23. The van der Waals surface area contributed by atoms with Gasteiger partial charge in [-0.05, 0) is 19.4 Å². The minimum Gasteiger partial charge on any atom is -0.481 e. The summed E-state index contributed by atoms with van der Waals surface area (Å²) in [7, 11) is 0. The van der Waals surface area contributed by atoms with Crippen molar-refractivity contribution in [2.24, 2.45) is 5.73 Å². The third-order valence-corrected chi connectivity index (χ3v) is 2.01. The van der Waals surface area contributed by atoms with Gasteiger partial charge in [0.1, 0.15) is 0 Å². The van der Waals surface area contributed by atoms with E-state index in [1.54, 1.807) is 0 Å². The zero-order chi connectivity index (χ0) is 10.1. The highest BCUT2D eigenvalue weighted by Crippen LogP contribution is 1.99. The Kier molecular flexibility index (Phi) is 7.73. The average Bonchev–Trinajstić information content (AvgIpc) is 2.10. The molecule has 0 saturated carbocycles. The summed E-state index contributed by atoms with van der Waals surface area (Å²) in [5, 5.41) is 11.5. The maximum Gasteiger partial charge on any atom is 0.303 e. The van der Waals surface area contributed by atoms with Crippen LogP contribution in [0.15, 0.2) is 10.7 Å². The van der Waals surface area contributed by atoms with Crippen LogP contribution in [0.25, 0.3) is 0 Å². The van der Waals surface area contributed by atoms with Gasteiger partial charge in [0, 0.05) is 23.6 Å². The normalized spacial score (nSPS) is 11.6. The van der Waals surface area contributed by atoms with Gasteiger partial charge < -0.3 is 16.2 Å². The molecule has 0 aliphatic carbocycles. The van der Waals surface area contributed by atoms with Gasteiger partial charge in [0.15, 0.2) is 0 Å². The molecule has 0 amide bonds. The largest absolute Gasteiger partial charge is 0.481 e. The summed E-state index contributed by atoms with van der Waals surface area (Å²) in [4.78, 5) is 10.1. The summed E-state index contributed by atoms with van der Waals surface area (Å²) in [6.07, 6.45) is 3.32. The van der Waals surface area contributed by atoms with Crippen molar-refractivity contribution < 1.29 is 9.90 Å². The number of hydrogen-bond donors (Lipinski definition) is 3. The number of carboxylic acids is 1. The van der Waals surface area contributed by atoms with E-state index in [1.807, 2.05) is 0 Å². The van der Waals surface area contributed by atoms with Crippen LogP contribution in [0.3, 0.4) is 0 Å². The van der Waals surface area contributed by atoms with E-state index in [2.05, 4.69) is 21.2 Å². The van der Waals surface area contributed by atoms with E-state index in [0.29, 0.717) is 13.0 Å². The number of hydrogen-bond acceptors (Lipinski definition) is 3. The number of nitrogens with two attached hydrogens (primary N) is 1. The molecule has 0 unspecified atom stereocenters. The minimum absolute atomic E-state index is 0.246. The molecule has 0 aromatic heterocycles. The molecule has 0 aromatic rings. The maximum absolute atomic E-state index is 10.1. The van der Waals surface area contributed by atoms with Crippen LogP contribution in [0.2, 0.25) is 0 Å². The van der Waals surface area contributed by atoms with E-state index in [9.17, 15) is 4.79 Å². The SMILES string of the molecule is N/C=C(/Br)CNCCCCC(=O)O. The van der Waals surface area contributed by atoms with Gasteiger partial charge in [-0.1, -0.05) is 15.9 Å². The molecule has 0 bridgehead atoms. The number of carbonyl (C=O) groups is 1. The number of aliphatic carboxylic acids is 1. The van der Waals surface area contributed by atoms with Crippen molar-refractivity contribution in [3.63, 3.8) is 0 Å². The van der Waals surface area contributed by atoms with E-state index < -0.39 is 5.97 Å². The Labute approximate surface area is 86.3 Å². The third-order valence-electron chi connectivity index (χ3n) is 1.47. The maximum atomic E-state index is 10.1. The van der Waals surface area contributed by atoms with Gasteiger partial charge in [-0.25, -0.2) is 0 Å². The van der Waals surface area contributed by atoms with Crippen LogP contribution in [-0.2, 0) is 4.79 Å². The second kappa shape index (κ2) is 8.07. The van der Waals surface area contributed by atoms with Crippen LogP contribution in [0.4, 0.5) is 0 Å². The van der Waals surface area contributed by atoms with Crippen molar-refractivity contribution in [1.29, 1.82) is 0 Å². The van der Waals surface area contributed by atoms with Crippen molar-refractivity contribution in [2.45, 2.75) is 19.3 Å². The third kappa shape index (κ3) is 9.36. The van der Waals surface area contributed by atoms with E-state index in [-0.39, 0.29) is 6.42 Å². The van der Waals surface area contributed by atoms with Crippen molar-refractivity contribution in [1.82, 2.24) is 5.32 Å². The Morgan fingerprint density at radius 3 is 2.77 bits per heavy atom. The Balaban J connectivity index is 3.13. The first-order valence-corrected chi connectivity index (χ1v) is 4.95. The molecule has 0 aromatic carbocycles. The van der Waals surface area contributed by atoms with Gasteiger partial charge in [-0.3, -0.25) is 4.79 Å². The lowest BCUT2D eigenvalue weighted by atomic mass is 10.2. The van der Waals surface area contributed by atoms with Crippen LogP contribution in [-0.4, -0.2) is 24.2 Å². The first-order valence-electron chi connectivity index (χ1n) is 4.15. The lowest BCUT2D eigenvalue weighted by Gasteiger charge is -2.02. The fourth-order valence-corrected chi connectivity index (χ4v) is 0.991. The monoisotopic (exact) mass is 250 g/mol. The first kappa shape index (κ1) is 12.4. The quantitative estimate of drug-likeness (QED) is 0.590. The Hall–Kier alpha value is -0.550. The first-order chi connectivity index (χ1) is 6.16. The van der Waals surface area contributed by atoms with Gasteiger partial charge in [0.2, 0.25) is 0 Å². The lowest BCUT2D eigenvalue weighted by molar-refractivity contribution is -0.137. The molecule has 0 spiro atoms. The highest BCUT2D eigenvalue weighted by Gasteiger charge is 1.95. The van der Waals surface area contributed by atoms with Gasteiger partial charge in [0.25, 0.3) is 0 Å². The average molecular weight is 251 g/mol. The number of halogens is 1. The van der Waals surface area contributed by atoms with Crippen LogP contribution < -0.4 is 11.1 Å². The number of unbranched alkanes of at least 4 members (excludes halogenated alkanes) is 1. The van der Waals surface area contributed by atoms with Gasteiger partial charge in [-0.2, -0.15) is 0 Å². The summed E-state index contributed by atoms with van der Waals surface area (Å²) < 4.78 is 0.908. The molecular weight excluding hydrogens is 236 g/mol. The van der Waals surface area contributed by atoms with Crippen LogP contribution in [0.5, 0.6) is 0 Å². The van der Waals surface area contributed by atoms with E-state index in [1.165, 1.54) is 6.20 Å². The highest BCUT2D eigenvalue weighted by molar-refractivity contribution is 9.11. The van der Waals surface area contributed by atoms with Gasteiger partial charge >= 0.3 is 5.97 Å². The molecule has 0 atom stereocenters. The highest BCUT2D eigenvalue weighted by atomic mass is 79.9. The molecule has 4 N–H and O–H groups in total. The van der Waals surface area contributed by atoms with Crippen LogP contribution in [0, 0.1) is 0 Å². The minimum atomic E-state index is -0.733. The molecule has 0 aliphatic rings. The van der Waals surface area contributed by atoms with Crippen molar-refractivity contribution in [2.75, 3.05) is 13.1 Å². The van der Waals surface area contributed by atoms with Crippen molar-refractivity contribution in [3.05, 3.63) is 10.7 Å². The van der Waals surface area contributed by atoms with E-state index in [0.717, 1.165) is 17.4 Å². The van der Waals surface area contributed by atoms with Gasteiger partial charge in [-0.15, -0.1) is 0 Å². The van der Waals surface area contributed by atoms with Crippen LogP contribution in [0.1, 0.15) is 19.3 Å². The van der Waals surface area contributed by atoms with Crippen molar-refractivity contribution in [3.8, 4) is 0 Å². The number of rotatable bonds is 7. The second-order valence-electron chi connectivity index (χ2n) is 2.64. The second-order valence-corrected chi connectivity index (χ2v) is 3.66.